The van der Waals surface area contributed by atoms with Crippen LogP contribution in [0.2, 0.25) is 0 Å². The topological polar surface area (TPSA) is 34.1 Å². The lowest BCUT2D eigenvalue weighted by Gasteiger charge is -2.09. The maximum absolute atomic E-state index is 5.07. The second kappa shape index (κ2) is 4.54. The van der Waals surface area contributed by atoms with E-state index in [4.69, 9.17) is 4.84 Å². The van der Waals surface area contributed by atoms with Gasteiger partial charge in [0.1, 0.15) is 0 Å². The summed E-state index contributed by atoms with van der Waals surface area (Å²) in [5.41, 5.74) is 3.95. The predicted octanol–water partition coefficient (Wildman–Crippen LogP) is 2.05. The van der Waals surface area contributed by atoms with Gasteiger partial charge in [-0.3, -0.25) is 0 Å². The van der Waals surface area contributed by atoms with Crippen molar-refractivity contribution in [3.63, 3.8) is 0 Å². The quantitative estimate of drug-likeness (QED) is 0.731. The van der Waals surface area contributed by atoms with Gasteiger partial charge < -0.3 is 4.84 Å². The van der Waals surface area contributed by atoms with Crippen molar-refractivity contribution >= 4 is 11.3 Å². The average molecular weight is 186 g/mol. The van der Waals surface area contributed by atoms with Gasteiger partial charge in [-0.05, 0) is 20.8 Å². The molecule has 0 saturated carbocycles. The molecule has 68 valence electrons. The fourth-order valence-corrected chi connectivity index (χ4v) is 1.55. The summed E-state index contributed by atoms with van der Waals surface area (Å²) in [4.78, 5) is 9.41. The first kappa shape index (κ1) is 9.64. The van der Waals surface area contributed by atoms with E-state index in [-0.39, 0.29) is 6.04 Å². The molecule has 12 heavy (non-hydrogen) atoms. The first-order chi connectivity index (χ1) is 5.74. The third-order valence-electron chi connectivity index (χ3n) is 1.48. The zero-order chi connectivity index (χ0) is 8.97. The molecule has 1 aromatic heterocycles. The van der Waals surface area contributed by atoms with Crippen LogP contribution in [-0.4, -0.2) is 11.6 Å². The van der Waals surface area contributed by atoms with Crippen LogP contribution in [0, 0.1) is 6.92 Å². The minimum absolute atomic E-state index is 0.176. The number of hydrogen-bond acceptors (Lipinski definition) is 4. The number of rotatable bonds is 4. The van der Waals surface area contributed by atoms with Gasteiger partial charge in [0.05, 0.1) is 23.4 Å². The Balaban J connectivity index is 2.47. The summed E-state index contributed by atoms with van der Waals surface area (Å²) in [6.07, 6.45) is 0. The molecule has 0 bridgehead atoms. The summed E-state index contributed by atoms with van der Waals surface area (Å²) in [5.74, 6) is 0. The minimum atomic E-state index is 0.176. The number of aryl methyl sites for hydroxylation is 1. The highest BCUT2D eigenvalue weighted by atomic mass is 32.1. The summed E-state index contributed by atoms with van der Waals surface area (Å²) in [6, 6.07) is 0.176. The molecule has 1 atom stereocenters. The molecule has 0 amide bonds. The predicted molar refractivity (Wildman–Crippen MR) is 50.0 cm³/mol. The van der Waals surface area contributed by atoms with Gasteiger partial charge in [0.15, 0.2) is 0 Å². The number of nitrogens with one attached hydrogen (secondary N) is 1. The van der Waals surface area contributed by atoms with Gasteiger partial charge in [-0.15, -0.1) is 11.3 Å². The third kappa shape index (κ3) is 2.55. The van der Waals surface area contributed by atoms with E-state index >= 15 is 0 Å². The summed E-state index contributed by atoms with van der Waals surface area (Å²) in [5, 5.41) is 3.14. The van der Waals surface area contributed by atoms with Crippen LogP contribution in [-0.2, 0) is 4.84 Å². The van der Waals surface area contributed by atoms with Crippen LogP contribution in [0.4, 0.5) is 0 Å². The van der Waals surface area contributed by atoms with Crippen molar-refractivity contribution in [3.05, 3.63) is 16.1 Å². The Morgan fingerprint density at radius 1 is 1.75 bits per heavy atom. The van der Waals surface area contributed by atoms with E-state index in [0.29, 0.717) is 6.61 Å². The number of hydrogen-bond donors (Lipinski definition) is 1. The SMILES string of the molecule is CCONC(C)c1csc(C)n1. The monoisotopic (exact) mass is 186 g/mol. The Bertz CT molecular complexity index is 237. The van der Waals surface area contributed by atoms with Crippen LogP contribution in [0.15, 0.2) is 5.38 Å². The third-order valence-corrected chi connectivity index (χ3v) is 2.28. The van der Waals surface area contributed by atoms with Crippen LogP contribution in [0.5, 0.6) is 0 Å². The summed E-state index contributed by atoms with van der Waals surface area (Å²) in [7, 11) is 0. The van der Waals surface area contributed by atoms with Crippen LogP contribution >= 0.6 is 11.3 Å². The van der Waals surface area contributed by atoms with Gasteiger partial charge >= 0.3 is 0 Å². The lowest BCUT2D eigenvalue weighted by atomic mass is 10.3. The molecule has 0 radical (unpaired) electrons. The van der Waals surface area contributed by atoms with E-state index in [1.807, 2.05) is 26.2 Å². The van der Waals surface area contributed by atoms with Crippen molar-refractivity contribution in [3.8, 4) is 0 Å². The van der Waals surface area contributed by atoms with Gasteiger partial charge in [0.25, 0.3) is 0 Å². The molecule has 0 aliphatic carbocycles. The molecule has 0 aliphatic heterocycles. The second-order valence-corrected chi connectivity index (χ2v) is 3.63. The van der Waals surface area contributed by atoms with Crippen molar-refractivity contribution in [2.45, 2.75) is 26.8 Å². The minimum Gasteiger partial charge on any atom is -0.301 e. The molecule has 0 spiro atoms. The number of thiazole rings is 1. The van der Waals surface area contributed by atoms with Crippen LogP contribution in [0.3, 0.4) is 0 Å². The Kier molecular flexibility index (Phi) is 3.65. The van der Waals surface area contributed by atoms with E-state index in [1.54, 1.807) is 11.3 Å². The molecule has 3 nitrogen and oxygen atoms in total. The average Bonchev–Trinajstić information content (AvgIpc) is 2.47. The smallest absolute Gasteiger partial charge is 0.0898 e. The van der Waals surface area contributed by atoms with Crippen LogP contribution in [0.1, 0.15) is 30.6 Å². The van der Waals surface area contributed by atoms with Crippen molar-refractivity contribution in [2.24, 2.45) is 0 Å². The summed E-state index contributed by atoms with van der Waals surface area (Å²) in [6.45, 7) is 6.66. The molecular formula is C8H14N2OS. The zero-order valence-corrected chi connectivity index (χ0v) is 8.44. The van der Waals surface area contributed by atoms with E-state index < -0.39 is 0 Å². The van der Waals surface area contributed by atoms with Crippen molar-refractivity contribution in [1.29, 1.82) is 0 Å². The first-order valence-corrected chi connectivity index (χ1v) is 4.91. The number of hydroxylamine groups is 1. The fraction of sp³-hybridized carbons (Fsp3) is 0.625. The van der Waals surface area contributed by atoms with Crippen LogP contribution < -0.4 is 5.48 Å². The maximum Gasteiger partial charge on any atom is 0.0898 e. The maximum atomic E-state index is 5.07. The lowest BCUT2D eigenvalue weighted by Crippen LogP contribution is -2.19. The van der Waals surface area contributed by atoms with E-state index in [9.17, 15) is 0 Å². The Labute approximate surface area is 76.7 Å². The number of nitrogens with zero attached hydrogens (tertiary/aromatic N) is 1. The van der Waals surface area contributed by atoms with Gasteiger partial charge in [-0.25, -0.2) is 4.98 Å². The molecular weight excluding hydrogens is 172 g/mol. The van der Waals surface area contributed by atoms with Gasteiger partial charge in [-0.1, -0.05) is 0 Å². The van der Waals surface area contributed by atoms with Gasteiger partial charge in [0, 0.05) is 5.38 Å². The Hall–Kier alpha value is -0.450. The molecule has 1 heterocycles. The highest BCUT2D eigenvalue weighted by molar-refractivity contribution is 7.09. The Morgan fingerprint density at radius 2 is 2.50 bits per heavy atom. The zero-order valence-electron chi connectivity index (χ0n) is 7.63. The normalized spacial score (nSPS) is 13.2. The lowest BCUT2D eigenvalue weighted by molar-refractivity contribution is 0.0276. The Morgan fingerprint density at radius 3 is 3.00 bits per heavy atom. The highest BCUT2D eigenvalue weighted by Gasteiger charge is 2.07. The van der Waals surface area contributed by atoms with E-state index in [2.05, 4.69) is 10.5 Å². The van der Waals surface area contributed by atoms with Gasteiger partial charge in [0.2, 0.25) is 0 Å². The largest absolute Gasteiger partial charge is 0.301 e. The standard InChI is InChI=1S/C8H14N2OS/c1-4-11-10-6(2)8-5-12-7(3)9-8/h5-6,10H,4H2,1-3H3. The second-order valence-electron chi connectivity index (χ2n) is 2.56. The molecule has 1 rings (SSSR count). The molecule has 1 unspecified atom stereocenters. The summed E-state index contributed by atoms with van der Waals surface area (Å²) < 4.78 is 0. The molecule has 0 fully saturated rings. The number of aromatic nitrogens is 1. The van der Waals surface area contributed by atoms with Crippen molar-refractivity contribution in [1.82, 2.24) is 10.5 Å². The molecule has 4 heteroatoms. The van der Waals surface area contributed by atoms with E-state index in [0.717, 1.165) is 10.7 Å². The molecule has 0 aliphatic rings. The first-order valence-electron chi connectivity index (χ1n) is 4.03. The van der Waals surface area contributed by atoms with Crippen molar-refractivity contribution in [2.75, 3.05) is 6.61 Å². The molecule has 0 aromatic carbocycles. The van der Waals surface area contributed by atoms with E-state index in [1.165, 1.54) is 0 Å². The highest BCUT2D eigenvalue weighted by Crippen LogP contribution is 2.15. The summed E-state index contributed by atoms with van der Waals surface area (Å²) >= 11 is 1.66. The van der Waals surface area contributed by atoms with Gasteiger partial charge in [-0.2, -0.15) is 5.48 Å². The fourth-order valence-electron chi connectivity index (χ4n) is 0.848. The van der Waals surface area contributed by atoms with Crippen molar-refractivity contribution < 1.29 is 4.84 Å². The molecule has 0 saturated heterocycles. The van der Waals surface area contributed by atoms with Crippen LogP contribution in [0.25, 0.3) is 0 Å². The molecule has 1 aromatic rings. The molecule has 1 N–H and O–H groups in total.